The van der Waals surface area contributed by atoms with Gasteiger partial charge < -0.3 is 4.74 Å². The molecule has 0 bridgehead atoms. The lowest BCUT2D eigenvalue weighted by Gasteiger charge is -2.28. The summed E-state index contributed by atoms with van der Waals surface area (Å²) in [5.74, 6) is 0. The molecule has 1 unspecified atom stereocenters. The average molecular weight is 268 g/mol. The molecule has 0 saturated heterocycles. The van der Waals surface area contributed by atoms with E-state index in [9.17, 15) is 14.0 Å². The highest BCUT2D eigenvalue weighted by Gasteiger charge is 2.30. The van der Waals surface area contributed by atoms with Crippen molar-refractivity contribution in [3.8, 4) is 6.07 Å². The maximum Gasteiger partial charge on any atom is 0.261 e. The first-order chi connectivity index (χ1) is 9.14. The summed E-state index contributed by atoms with van der Waals surface area (Å²) in [6, 6.07) is 11.5. The van der Waals surface area contributed by atoms with E-state index in [1.807, 2.05) is 37.3 Å². The Labute approximate surface area is 112 Å². The third-order valence-corrected chi connectivity index (χ3v) is 2.80. The molecule has 1 aromatic carbocycles. The van der Waals surface area contributed by atoms with Gasteiger partial charge in [-0.1, -0.05) is 37.3 Å². The van der Waals surface area contributed by atoms with Gasteiger partial charge in [-0.15, -0.1) is 0 Å². The van der Waals surface area contributed by atoms with Crippen molar-refractivity contribution >= 4 is 0 Å². The van der Waals surface area contributed by atoms with Crippen LogP contribution in [0.1, 0.15) is 18.9 Å². The molecule has 19 heavy (non-hydrogen) atoms. The third kappa shape index (κ3) is 4.58. The van der Waals surface area contributed by atoms with Crippen molar-refractivity contribution in [2.75, 3.05) is 19.8 Å². The fraction of sp³-hybridized carbons (Fsp3) is 0.500. The monoisotopic (exact) mass is 268 g/mol. The van der Waals surface area contributed by atoms with E-state index in [1.54, 1.807) is 0 Å². The summed E-state index contributed by atoms with van der Waals surface area (Å²) in [6.07, 6.45) is -2.15. The first kappa shape index (κ1) is 15.5. The molecule has 104 valence electrons. The first-order valence-electron chi connectivity index (χ1n) is 6.22. The van der Waals surface area contributed by atoms with Gasteiger partial charge in [0.2, 0.25) is 0 Å². The summed E-state index contributed by atoms with van der Waals surface area (Å²) >= 11 is 0. The van der Waals surface area contributed by atoms with Crippen molar-refractivity contribution < 1.29 is 13.5 Å². The van der Waals surface area contributed by atoms with E-state index in [2.05, 4.69) is 11.4 Å². The van der Waals surface area contributed by atoms with Crippen molar-refractivity contribution in [3.05, 3.63) is 35.9 Å². The van der Waals surface area contributed by atoms with Gasteiger partial charge in [-0.3, -0.25) is 5.32 Å². The Balaban J connectivity index is 2.74. The van der Waals surface area contributed by atoms with Gasteiger partial charge >= 0.3 is 0 Å². The lowest BCUT2D eigenvalue weighted by molar-refractivity contribution is 0.0119. The van der Waals surface area contributed by atoms with Crippen molar-refractivity contribution in [1.82, 2.24) is 5.32 Å². The number of hydrogen-bond donors (Lipinski definition) is 1. The average Bonchev–Trinajstić information content (AvgIpc) is 2.43. The molecule has 0 fully saturated rings. The highest BCUT2D eigenvalue weighted by Crippen LogP contribution is 2.24. The number of ether oxygens (including phenoxy) is 1. The molecule has 0 aliphatic heterocycles. The van der Waals surface area contributed by atoms with E-state index in [1.165, 1.54) is 0 Å². The minimum atomic E-state index is -2.48. The summed E-state index contributed by atoms with van der Waals surface area (Å²) in [5.41, 5.74) is -0.0713. The fourth-order valence-corrected chi connectivity index (χ4v) is 1.92. The van der Waals surface area contributed by atoms with Gasteiger partial charge in [0.05, 0.1) is 6.07 Å². The second-order valence-corrected chi connectivity index (χ2v) is 4.13. The molecule has 0 saturated carbocycles. The molecule has 1 N–H and O–H groups in total. The number of alkyl halides is 2. The largest absolute Gasteiger partial charge is 0.375 e. The van der Waals surface area contributed by atoms with E-state index in [0.717, 1.165) is 5.56 Å². The Kier molecular flexibility index (Phi) is 6.40. The van der Waals surface area contributed by atoms with Gasteiger partial charge in [0.15, 0.2) is 0 Å². The van der Waals surface area contributed by atoms with Crippen LogP contribution in [0.4, 0.5) is 8.78 Å². The molecule has 0 spiro atoms. The molecule has 0 aliphatic rings. The van der Waals surface area contributed by atoms with Gasteiger partial charge in [0.25, 0.3) is 6.43 Å². The zero-order chi connectivity index (χ0) is 14.1. The standard InChI is InChI=1S/C14H18F2N2O/c1-2-18-14(11-17,8-9-19-10-13(15)16)12-6-4-3-5-7-12/h3-7,13,18H,2,8-10H2,1H3. The van der Waals surface area contributed by atoms with Crippen LogP contribution in [0.2, 0.25) is 0 Å². The lowest BCUT2D eigenvalue weighted by Crippen LogP contribution is -2.42. The van der Waals surface area contributed by atoms with Gasteiger partial charge in [0.1, 0.15) is 12.1 Å². The number of halogens is 2. The summed E-state index contributed by atoms with van der Waals surface area (Å²) in [4.78, 5) is 0. The molecule has 1 atom stereocenters. The summed E-state index contributed by atoms with van der Waals surface area (Å²) < 4.78 is 28.9. The van der Waals surface area contributed by atoms with Crippen LogP contribution >= 0.6 is 0 Å². The lowest BCUT2D eigenvalue weighted by atomic mass is 9.88. The van der Waals surface area contributed by atoms with Crippen molar-refractivity contribution in [2.24, 2.45) is 0 Å². The number of rotatable bonds is 8. The van der Waals surface area contributed by atoms with Gasteiger partial charge in [0, 0.05) is 13.0 Å². The molecule has 0 aliphatic carbocycles. The van der Waals surface area contributed by atoms with E-state index < -0.39 is 18.6 Å². The summed E-state index contributed by atoms with van der Waals surface area (Å²) in [6.45, 7) is 2.02. The predicted molar refractivity (Wildman–Crippen MR) is 68.8 cm³/mol. The fourth-order valence-electron chi connectivity index (χ4n) is 1.92. The van der Waals surface area contributed by atoms with Crippen molar-refractivity contribution in [2.45, 2.75) is 25.3 Å². The quantitative estimate of drug-likeness (QED) is 0.737. The first-order valence-corrected chi connectivity index (χ1v) is 6.22. The predicted octanol–water partition coefficient (Wildman–Crippen LogP) is 2.69. The molecular formula is C14H18F2N2O. The maximum atomic E-state index is 12.0. The van der Waals surface area contributed by atoms with Gasteiger partial charge in [-0.25, -0.2) is 8.78 Å². The topological polar surface area (TPSA) is 45.0 Å². The van der Waals surface area contributed by atoms with Gasteiger partial charge in [-0.05, 0) is 12.1 Å². The Morgan fingerprint density at radius 2 is 2.05 bits per heavy atom. The summed E-state index contributed by atoms with van der Waals surface area (Å²) in [7, 11) is 0. The van der Waals surface area contributed by atoms with Crippen LogP contribution in [-0.4, -0.2) is 26.2 Å². The molecule has 3 nitrogen and oxygen atoms in total. The Bertz CT molecular complexity index is 406. The number of nitriles is 1. The van der Waals surface area contributed by atoms with Crippen molar-refractivity contribution in [3.63, 3.8) is 0 Å². The second kappa shape index (κ2) is 7.82. The van der Waals surface area contributed by atoms with Crippen molar-refractivity contribution in [1.29, 1.82) is 5.26 Å². The minimum Gasteiger partial charge on any atom is -0.375 e. The molecule has 5 heteroatoms. The minimum absolute atomic E-state index is 0.111. The number of hydrogen-bond acceptors (Lipinski definition) is 3. The molecule has 0 radical (unpaired) electrons. The van der Waals surface area contributed by atoms with Crippen LogP contribution in [0.5, 0.6) is 0 Å². The van der Waals surface area contributed by atoms with Crippen LogP contribution in [0.25, 0.3) is 0 Å². The molecule has 0 amide bonds. The third-order valence-electron chi connectivity index (χ3n) is 2.80. The molecule has 1 rings (SSSR count). The van der Waals surface area contributed by atoms with E-state index in [0.29, 0.717) is 13.0 Å². The Morgan fingerprint density at radius 3 is 2.58 bits per heavy atom. The number of nitrogens with zero attached hydrogens (tertiary/aromatic N) is 1. The molecule has 0 aromatic heterocycles. The number of nitrogens with one attached hydrogen (secondary N) is 1. The zero-order valence-electron chi connectivity index (χ0n) is 10.9. The normalized spacial score (nSPS) is 14.1. The van der Waals surface area contributed by atoms with E-state index in [4.69, 9.17) is 4.74 Å². The van der Waals surface area contributed by atoms with Crippen LogP contribution in [0.3, 0.4) is 0 Å². The highest BCUT2D eigenvalue weighted by molar-refractivity contribution is 5.31. The molecule has 1 aromatic rings. The Morgan fingerprint density at radius 1 is 1.37 bits per heavy atom. The highest BCUT2D eigenvalue weighted by atomic mass is 19.3. The van der Waals surface area contributed by atoms with Crippen LogP contribution in [0, 0.1) is 11.3 Å². The second-order valence-electron chi connectivity index (χ2n) is 4.13. The molecule has 0 heterocycles. The summed E-state index contributed by atoms with van der Waals surface area (Å²) in [5, 5.41) is 12.6. The van der Waals surface area contributed by atoms with Crippen LogP contribution in [0.15, 0.2) is 30.3 Å². The molecular weight excluding hydrogens is 250 g/mol. The maximum absolute atomic E-state index is 12.0. The van der Waals surface area contributed by atoms with Crippen LogP contribution < -0.4 is 5.32 Å². The smallest absolute Gasteiger partial charge is 0.261 e. The van der Waals surface area contributed by atoms with E-state index in [-0.39, 0.29) is 6.61 Å². The van der Waals surface area contributed by atoms with Gasteiger partial charge in [-0.2, -0.15) is 5.26 Å². The Hall–Kier alpha value is -1.51. The SMILES string of the molecule is CCNC(C#N)(CCOCC(F)F)c1ccccc1. The zero-order valence-corrected chi connectivity index (χ0v) is 10.9. The number of benzene rings is 1. The van der Waals surface area contributed by atoms with Crippen LogP contribution in [-0.2, 0) is 10.3 Å². The van der Waals surface area contributed by atoms with E-state index >= 15 is 0 Å².